The largest absolute Gasteiger partial charge is 0.502 e. The van der Waals surface area contributed by atoms with Crippen molar-refractivity contribution in [3.8, 4) is 23.0 Å². The lowest BCUT2D eigenvalue weighted by molar-refractivity contribution is -0.386. The van der Waals surface area contributed by atoms with E-state index in [1.54, 1.807) is 0 Å². The van der Waals surface area contributed by atoms with Gasteiger partial charge < -0.3 is 50.3 Å². The molecule has 0 fully saturated rings. The number of carbonyl (C=O) groups is 8. The maximum atomic E-state index is 11.1. The van der Waals surface area contributed by atoms with Crippen LogP contribution in [0, 0.1) is 40.5 Å². The normalized spacial score (nSPS) is 11.6. The van der Waals surface area contributed by atoms with Crippen LogP contribution in [0.25, 0.3) is 0 Å². The summed E-state index contributed by atoms with van der Waals surface area (Å²) in [4.78, 5) is 125. The van der Waals surface area contributed by atoms with Gasteiger partial charge in [-0.1, -0.05) is 0 Å². The molecule has 30 heteroatoms. The second kappa shape index (κ2) is 18.0. The third-order valence-corrected chi connectivity index (χ3v) is 7.44. The van der Waals surface area contributed by atoms with Crippen molar-refractivity contribution in [1.29, 1.82) is 0 Å². The Labute approximate surface area is 335 Å². The standard InChI is InChI=1S/2C8H5NO7.2C8H3NO6/c10-6-2-4(8(13)14)3(7(11)12)1-5(6)9(15)16;10-4-2-1-3(7(11)12)5(8(13)14)6(4)9(15)16;10-6-2-4-3(1-5(6)9(13)14)7(11)15-8(4)12;10-4-2-1-3-5(6(4)9(13)14)8(12)15-7(3)11/h2*1-2,10H,(H,11,12)(H,13,14);2*1-2,10H. The highest BCUT2D eigenvalue weighted by molar-refractivity contribution is 6.17. The lowest BCUT2D eigenvalue weighted by atomic mass is 10.0. The first-order valence-electron chi connectivity index (χ1n) is 15.2. The number of carboxylic acids is 4. The number of nitrogens with zero attached hydrogens (tertiary/aromatic N) is 4. The van der Waals surface area contributed by atoms with Crippen molar-refractivity contribution >= 4 is 70.5 Å². The molecule has 6 rings (SSSR count). The maximum Gasteiger partial charge on any atom is 0.354 e. The molecule has 62 heavy (non-hydrogen) atoms. The van der Waals surface area contributed by atoms with Gasteiger partial charge in [0.15, 0.2) is 34.1 Å². The van der Waals surface area contributed by atoms with E-state index in [4.69, 9.17) is 30.6 Å². The molecule has 0 bridgehead atoms. The maximum absolute atomic E-state index is 11.1. The Morgan fingerprint density at radius 3 is 1.31 bits per heavy atom. The van der Waals surface area contributed by atoms with E-state index in [9.17, 15) is 89.0 Å². The van der Waals surface area contributed by atoms with Crippen LogP contribution in [-0.4, -0.2) is 108 Å². The Bertz CT molecular complexity index is 2720. The van der Waals surface area contributed by atoms with Gasteiger partial charge in [0.2, 0.25) is 0 Å². The van der Waals surface area contributed by atoms with Gasteiger partial charge in [-0.25, -0.2) is 38.4 Å². The Hall–Kier alpha value is -10.2. The van der Waals surface area contributed by atoms with Gasteiger partial charge >= 0.3 is 70.5 Å². The first-order chi connectivity index (χ1) is 28.7. The summed E-state index contributed by atoms with van der Waals surface area (Å²) in [5.41, 5.74) is -7.76. The predicted octanol–water partition coefficient (Wildman–Crippen LogP) is 2.62. The average molecular weight is 872 g/mol. The van der Waals surface area contributed by atoms with Crippen molar-refractivity contribution < 1.29 is 108 Å². The number of ether oxygens (including phenoxy) is 2. The quantitative estimate of drug-likeness (QED) is 0.0546. The highest BCUT2D eigenvalue weighted by atomic mass is 16.6. The van der Waals surface area contributed by atoms with Gasteiger partial charge in [-0.2, -0.15) is 0 Å². The molecule has 0 aliphatic carbocycles. The van der Waals surface area contributed by atoms with Crippen LogP contribution < -0.4 is 0 Å². The van der Waals surface area contributed by atoms with Crippen LogP contribution >= 0.6 is 0 Å². The number of esters is 4. The van der Waals surface area contributed by atoms with Crippen molar-refractivity contribution in [1.82, 2.24) is 0 Å². The molecule has 0 radical (unpaired) electrons. The van der Waals surface area contributed by atoms with E-state index in [0.29, 0.717) is 12.1 Å². The van der Waals surface area contributed by atoms with Crippen molar-refractivity contribution in [3.05, 3.63) is 133 Å². The van der Waals surface area contributed by atoms with Crippen molar-refractivity contribution in [2.45, 2.75) is 0 Å². The fourth-order valence-electron chi connectivity index (χ4n) is 4.82. The van der Waals surface area contributed by atoms with Gasteiger partial charge in [0.05, 0.1) is 53.1 Å². The van der Waals surface area contributed by atoms with Gasteiger partial charge in [-0.3, -0.25) is 40.5 Å². The monoisotopic (exact) mass is 872 g/mol. The molecule has 2 heterocycles. The molecule has 0 saturated carbocycles. The summed E-state index contributed by atoms with van der Waals surface area (Å²) < 4.78 is 8.39. The van der Waals surface area contributed by atoms with Gasteiger partial charge in [0.25, 0.3) is 0 Å². The summed E-state index contributed by atoms with van der Waals surface area (Å²) in [5.74, 6) is -13.7. The molecule has 2 aliphatic heterocycles. The molecule has 4 aromatic carbocycles. The molecule has 30 nitrogen and oxygen atoms in total. The SMILES string of the molecule is O=C(O)c1cc(O)c([N+](=O)[O-])cc1C(=O)O.O=C(O)c1ccc(O)c([N+](=O)[O-])c1C(=O)O.O=C1OC(=O)c2c1ccc(O)c2[N+](=O)[O-].O=C1OC(=O)c2cc([N+](=O)[O-])c(O)cc21. The predicted molar refractivity (Wildman–Crippen MR) is 186 cm³/mol. The summed E-state index contributed by atoms with van der Waals surface area (Å²) in [7, 11) is 0. The van der Waals surface area contributed by atoms with Crippen LogP contribution in [0.2, 0.25) is 0 Å². The number of rotatable bonds is 8. The zero-order valence-electron chi connectivity index (χ0n) is 29.3. The molecule has 4 aromatic rings. The van der Waals surface area contributed by atoms with E-state index in [1.165, 1.54) is 0 Å². The van der Waals surface area contributed by atoms with E-state index in [0.717, 1.165) is 36.4 Å². The number of benzene rings is 4. The molecule has 0 saturated heterocycles. The van der Waals surface area contributed by atoms with Crippen molar-refractivity contribution in [3.63, 3.8) is 0 Å². The number of aromatic hydroxyl groups is 4. The first kappa shape index (κ1) is 46.2. The summed E-state index contributed by atoms with van der Waals surface area (Å²) in [5, 5.41) is 113. The van der Waals surface area contributed by atoms with Gasteiger partial charge in [-0.15, -0.1) is 0 Å². The molecular weight excluding hydrogens is 856 g/mol. The second-order valence-corrected chi connectivity index (χ2v) is 11.1. The van der Waals surface area contributed by atoms with Crippen LogP contribution in [0.15, 0.2) is 48.5 Å². The lowest BCUT2D eigenvalue weighted by Crippen LogP contribution is -2.11. The van der Waals surface area contributed by atoms with E-state index in [-0.39, 0.29) is 16.7 Å². The summed E-state index contributed by atoms with van der Waals surface area (Å²) in [6.07, 6.45) is 0. The van der Waals surface area contributed by atoms with E-state index in [2.05, 4.69) is 9.47 Å². The fraction of sp³-hybridized carbons (Fsp3) is 0. The van der Waals surface area contributed by atoms with Gasteiger partial charge in [-0.05, 0) is 24.3 Å². The average Bonchev–Trinajstić information content (AvgIpc) is 3.61. The molecule has 2 aliphatic rings. The number of nitro groups is 4. The number of phenols is 4. The fourth-order valence-corrected chi connectivity index (χ4v) is 4.82. The Morgan fingerprint density at radius 2 is 0.839 bits per heavy atom. The van der Waals surface area contributed by atoms with Crippen LogP contribution in [0.5, 0.6) is 23.0 Å². The zero-order chi connectivity index (χ0) is 47.2. The minimum atomic E-state index is -1.79. The van der Waals surface area contributed by atoms with Crippen LogP contribution in [0.4, 0.5) is 22.7 Å². The number of phenolic OH excluding ortho intramolecular Hbond substituents is 4. The zero-order valence-corrected chi connectivity index (χ0v) is 29.3. The molecule has 8 N–H and O–H groups in total. The minimum Gasteiger partial charge on any atom is -0.502 e. The molecule has 0 atom stereocenters. The van der Waals surface area contributed by atoms with Gasteiger partial charge in [0, 0.05) is 24.3 Å². The molecule has 0 aromatic heterocycles. The number of nitro benzene ring substituents is 4. The third-order valence-electron chi connectivity index (χ3n) is 7.44. The number of aromatic carboxylic acids is 4. The van der Waals surface area contributed by atoms with Gasteiger partial charge in [0.1, 0.15) is 0 Å². The minimum absolute atomic E-state index is 0.164. The molecule has 0 amide bonds. The summed E-state index contributed by atoms with van der Waals surface area (Å²) in [6.45, 7) is 0. The topological polar surface area (TPSA) is 489 Å². The van der Waals surface area contributed by atoms with Crippen molar-refractivity contribution in [2.75, 3.05) is 0 Å². The molecule has 320 valence electrons. The van der Waals surface area contributed by atoms with Crippen molar-refractivity contribution in [2.24, 2.45) is 0 Å². The van der Waals surface area contributed by atoms with E-state index >= 15 is 0 Å². The number of hydrogen-bond donors (Lipinski definition) is 8. The Kier molecular flexibility index (Phi) is 13.4. The van der Waals surface area contributed by atoms with E-state index < -0.39 is 141 Å². The van der Waals surface area contributed by atoms with Crippen LogP contribution in [0.1, 0.15) is 82.9 Å². The molecular formula is C32H16N4O26. The third kappa shape index (κ3) is 9.50. The van der Waals surface area contributed by atoms with Crippen LogP contribution in [-0.2, 0) is 9.47 Å². The van der Waals surface area contributed by atoms with E-state index in [1.807, 2.05) is 0 Å². The highest BCUT2D eigenvalue weighted by Gasteiger charge is 2.39. The number of carboxylic acid groups (broad SMARTS) is 4. The second-order valence-electron chi connectivity index (χ2n) is 11.1. The number of hydrogen-bond acceptors (Lipinski definition) is 22. The Balaban J connectivity index is 0.000000220. The number of carbonyl (C=O) groups excluding carboxylic acids is 4. The highest BCUT2D eigenvalue weighted by Crippen LogP contribution is 2.37. The van der Waals surface area contributed by atoms with Crippen LogP contribution in [0.3, 0.4) is 0 Å². The molecule has 0 spiro atoms. The first-order valence-corrected chi connectivity index (χ1v) is 15.2. The molecule has 0 unspecified atom stereocenters. The smallest absolute Gasteiger partial charge is 0.354 e. The number of cyclic esters (lactones) is 4. The summed E-state index contributed by atoms with van der Waals surface area (Å²) in [6, 6.07) is 6.31. The number of fused-ring (bicyclic) bond motifs is 2. The summed E-state index contributed by atoms with van der Waals surface area (Å²) >= 11 is 0. The lowest BCUT2D eigenvalue weighted by Gasteiger charge is -2.03. The Morgan fingerprint density at radius 1 is 0.435 bits per heavy atom.